The highest BCUT2D eigenvalue weighted by molar-refractivity contribution is 9.10. The van der Waals surface area contributed by atoms with E-state index < -0.39 is 0 Å². The zero-order chi connectivity index (χ0) is 27.0. The van der Waals surface area contributed by atoms with Gasteiger partial charge in [0, 0.05) is 53.2 Å². The second kappa shape index (κ2) is 13.0. The van der Waals surface area contributed by atoms with Crippen molar-refractivity contribution >= 4 is 50.5 Å². The molecule has 0 bridgehead atoms. The number of oxazole rings is 1. The van der Waals surface area contributed by atoms with Crippen LogP contribution in [0, 0.1) is 0 Å². The third-order valence-corrected chi connectivity index (χ3v) is 7.00. The lowest BCUT2D eigenvalue weighted by molar-refractivity contribution is -0.890. The van der Waals surface area contributed by atoms with Crippen molar-refractivity contribution in [1.82, 2.24) is 9.97 Å². The molecule has 1 aliphatic rings. The van der Waals surface area contributed by atoms with Crippen LogP contribution in [0.2, 0.25) is 0 Å². The van der Waals surface area contributed by atoms with Crippen LogP contribution in [0.4, 0.5) is 5.69 Å². The average molecular weight is 581 g/mol. The molecule has 0 radical (unpaired) electrons. The minimum absolute atomic E-state index is 0.0937. The summed E-state index contributed by atoms with van der Waals surface area (Å²) in [4.78, 5) is 22.6. The molecule has 0 unspecified atom stereocenters. The second-order valence-electron chi connectivity index (χ2n) is 10.0. The Labute approximate surface area is 233 Å². The van der Waals surface area contributed by atoms with Crippen LogP contribution in [0.15, 0.2) is 69.8 Å². The van der Waals surface area contributed by atoms with E-state index in [9.17, 15) is 4.79 Å². The van der Waals surface area contributed by atoms with Gasteiger partial charge in [-0.3, -0.25) is 4.79 Å². The molecule has 3 aromatic rings. The number of ether oxygens (including phenoxy) is 1. The second-order valence-corrected chi connectivity index (χ2v) is 10.9. The number of hydrogen-bond donors (Lipinski definition) is 0. The van der Waals surface area contributed by atoms with E-state index in [0.29, 0.717) is 30.1 Å². The number of para-hydroxylation sites is 1. The van der Waals surface area contributed by atoms with Crippen molar-refractivity contribution in [1.29, 1.82) is 0 Å². The maximum Gasteiger partial charge on any atom is 0.305 e. The lowest BCUT2D eigenvalue weighted by atomic mass is 9.99. The van der Waals surface area contributed by atoms with E-state index in [1.807, 2.05) is 25.1 Å². The van der Waals surface area contributed by atoms with Crippen LogP contribution in [0.5, 0.6) is 0 Å². The fourth-order valence-electron chi connectivity index (χ4n) is 4.59. The van der Waals surface area contributed by atoms with Gasteiger partial charge in [0.15, 0.2) is 11.2 Å². The van der Waals surface area contributed by atoms with Crippen LogP contribution < -0.4 is 4.90 Å². The molecule has 0 saturated carbocycles. The maximum atomic E-state index is 11.6. The zero-order valence-corrected chi connectivity index (χ0v) is 24.0. The normalized spacial score (nSPS) is 14.5. The molecule has 0 amide bonds. The quantitative estimate of drug-likeness (QED) is 0.136. The Morgan fingerprint density at radius 2 is 2.00 bits per heavy atom. The van der Waals surface area contributed by atoms with Crippen LogP contribution in [0.3, 0.4) is 0 Å². The Kier molecular flexibility index (Phi) is 9.53. The van der Waals surface area contributed by atoms with Gasteiger partial charge in [-0.25, -0.2) is 4.98 Å². The van der Waals surface area contributed by atoms with Gasteiger partial charge < -0.3 is 18.5 Å². The van der Waals surface area contributed by atoms with Gasteiger partial charge in [-0.15, -0.1) is 0 Å². The summed E-state index contributed by atoms with van der Waals surface area (Å²) in [6, 6.07) is 10.4. The number of hydrogen-bond acceptors (Lipinski definition) is 6. The molecule has 4 rings (SSSR count). The number of carbonyl (C=O) groups excluding carboxylic acids is 1. The molecule has 38 heavy (non-hydrogen) atoms. The number of aromatic nitrogens is 2. The third-order valence-electron chi connectivity index (χ3n) is 6.57. The summed E-state index contributed by atoms with van der Waals surface area (Å²) in [7, 11) is 4.48. The Bertz CT molecular complexity index is 1340. The molecule has 0 aliphatic carbocycles. The monoisotopic (exact) mass is 579 g/mol. The average Bonchev–Trinajstić information content (AvgIpc) is 3.29. The number of benzene rings is 1. The van der Waals surface area contributed by atoms with Gasteiger partial charge in [0.25, 0.3) is 0 Å². The van der Waals surface area contributed by atoms with Gasteiger partial charge in [0.1, 0.15) is 0 Å². The molecule has 0 N–H and O–H groups in total. The number of rotatable bonds is 12. The number of carbonyl (C=O) groups is 1. The first kappa shape index (κ1) is 27.8. The van der Waals surface area contributed by atoms with E-state index in [1.54, 1.807) is 6.20 Å². The van der Waals surface area contributed by atoms with E-state index in [4.69, 9.17) is 9.15 Å². The first-order valence-corrected chi connectivity index (χ1v) is 14.0. The summed E-state index contributed by atoms with van der Waals surface area (Å²) >= 11 is 3.41. The van der Waals surface area contributed by atoms with Crippen molar-refractivity contribution in [2.24, 2.45) is 0 Å². The van der Waals surface area contributed by atoms with Crippen LogP contribution in [0.1, 0.15) is 44.1 Å². The number of nitrogens with zero attached hydrogens (tertiary/aromatic N) is 4. The minimum atomic E-state index is -0.0937. The summed E-state index contributed by atoms with van der Waals surface area (Å²) < 4.78 is 12.6. The smallest absolute Gasteiger partial charge is 0.305 e. The molecule has 0 fully saturated rings. The molecule has 0 saturated heterocycles. The predicted octanol–water partition coefficient (Wildman–Crippen LogP) is 6.62. The van der Waals surface area contributed by atoms with Crippen LogP contribution in [0.25, 0.3) is 22.9 Å². The molecular formula is C30H36BrN4O3+. The number of quaternary nitrogens is 1. The van der Waals surface area contributed by atoms with E-state index in [2.05, 4.69) is 87.5 Å². The van der Waals surface area contributed by atoms with Gasteiger partial charge in [-0.2, -0.15) is 4.98 Å². The molecule has 7 nitrogen and oxygen atoms in total. The molecule has 0 spiro atoms. The summed E-state index contributed by atoms with van der Waals surface area (Å²) in [5.41, 5.74) is 4.82. The van der Waals surface area contributed by atoms with E-state index in [-0.39, 0.29) is 5.97 Å². The highest BCUT2D eigenvalue weighted by atomic mass is 79.9. The van der Waals surface area contributed by atoms with Crippen molar-refractivity contribution in [2.45, 2.75) is 32.6 Å². The van der Waals surface area contributed by atoms with E-state index in [0.717, 1.165) is 53.4 Å². The van der Waals surface area contributed by atoms with Gasteiger partial charge in [0.05, 0.1) is 40.2 Å². The molecule has 2 aromatic heterocycles. The Morgan fingerprint density at radius 3 is 2.84 bits per heavy atom. The van der Waals surface area contributed by atoms with E-state index in [1.165, 1.54) is 11.3 Å². The van der Waals surface area contributed by atoms with Crippen molar-refractivity contribution in [2.75, 3.05) is 45.2 Å². The fourth-order valence-corrected chi connectivity index (χ4v) is 4.90. The lowest BCUT2D eigenvalue weighted by Crippen LogP contribution is -2.41. The van der Waals surface area contributed by atoms with Crippen LogP contribution >= 0.6 is 15.9 Å². The number of halogens is 1. The summed E-state index contributed by atoms with van der Waals surface area (Å²) in [6.07, 6.45) is 15.5. The Balaban J connectivity index is 1.31. The SMILES string of the molecule is CCOC(=O)CCC[N+](C)(C)CCCCN1C=CC(=CC=Cc2nc3ncc(Br)cc3o2)c2ccccc21. The van der Waals surface area contributed by atoms with Gasteiger partial charge >= 0.3 is 5.97 Å². The molecule has 1 aromatic carbocycles. The van der Waals surface area contributed by atoms with Crippen molar-refractivity contribution in [3.8, 4) is 0 Å². The first-order valence-electron chi connectivity index (χ1n) is 13.2. The Morgan fingerprint density at radius 1 is 1.18 bits per heavy atom. The summed E-state index contributed by atoms with van der Waals surface area (Å²) in [5.74, 6) is 0.434. The van der Waals surface area contributed by atoms with Crippen molar-refractivity contribution in [3.63, 3.8) is 0 Å². The van der Waals surface area contributed by atoms with Crippen LogP contribution in [-0.2, 0) is 9.53 Å². The highest BCUT2D eigenvalue weighted by Gasteiger charge is 2.18. The standard InChI is InChI=1S/C30H36BrN4O3/c1-4-37-29(36)15-10-20-35(2,3)19-8-7-17-34-18-16-23(25-12-5-6-13-26(25)34)11-9-14-28-33-30-27(38-28)21-24(31)22-32-30/h5-6,9,11-14,16,18,21-22H,4,7-8,10,15,17,19-20H2,1-3H3/q+1. The highest BCUT2D eigenvalue weighted by Crippen LogP contribution is 2.33. The molecular weight excluding hydrogens is 544 g/mol. The molecule has 1 aliphatic heterocycles. The first-order chi connectivity index (χ1) is 18.3. The van der Waals surface area contributed by atoms with Gasteiger partial charge in [0.2, 0.25) is 5.89 Å². The van der Waals surface area contributed by atoms with E-state index >= 15 is 0 Å². The molecule has 3 heterocycles. The number of anilines is 1. The number of allylic oxidation sites excluding steroid dienone is 4. The number of pyridine rings is 1. The Hall–Kier alpha value is -3.23. The number of fused-ring (bicyclic) bond motifs is 2. The fraction of sp³-hybridized carbons (Fsp3) is 0.367. The predicted molar refractivity (Wildman–Crippen MR) is 156 cm³/mol. The zero-order valence-electron chi connectivity index (χ0n) is 22.4. The number of unbranched alkanes of at least 4 members (excludes halogenated alkanes) is 1. The third kappa shape index (κ3) is 7.65. The minimum Gasteiger partial charge on any atom is -0.466 e. The topological polar surface area (TPSA) is 68.5 Å². The van der Waals surface area contributed by atoms with Gasteiger partial charge in [-0.05, 0) is 53.4 Å². The molecule has 200 valence electrons. The summed E-state index contributed by atoms with van der Waals surface area (Å²) in [6.45, 7) is 5.33. The maximum absolute atomic E-state index is 11.6. The number of esters is 1. The van der Waals surface area contributed by atoms with Crippen molar-refractivity contribution in [3.05, 3.63) is 76.9 Å². The van der Waals surface area contributed by atoms with Crippen LogP contribution in [-0.4, -0.2) is 60.8 Å². The molecule has 0 atom stereocenters. The lowest BCUT2D eigenvalue weighted by Gasteiger charge is -2.31. The van der Waals surface area contributed by atoms with Gasteiger partial charge in [-0.1, -0.05) is 30.4 Å². The molecule has 8 heteroatoms. The van der Waals surface area contributed by atoms with Crippen molar-refractivity contribution < 1.29 is 18.4 Å². The summed E-state index contributed by atoms with van der Waals surface area (Å²) in [5, 5.41) is 0. The largest absolute Gasteiger partial charge is 0.466 e.